The lowest BCUT2D eigenvalue weighted by molar-refractivity contribution is -0.857. The van der Waals surface area contributed by atoms with E-state index < -0.39 is 0 Å². The predicted octanol–water partition coefficient (Wildman–Crippen LogP) is 2.10. The van der Waals surface area contributed by atoms with E-state index in [9.17, 15) is 0 Å². The van der Waals surface area contributed by atoms with E-state index in [4.69, 9.17) is 17.0 Å². The maximum Gasteiger partial charge on any atom is 0.173 e. The Balaban J connectivity index is 2.04. The third-order valence-corrected chi connectivity index (χ3v) is 4.64. The molecule has 0 saturated carbocycles. The third kappa shape index (κ3) is 5.82. The van der Waals surface area contributed by atoms with Crippen LogP contribution in [0.3, 0.4) is 0 Å². The molecule has 2 rings (SSSR count). The van der Waals surface area contributed by atoms with E-state index >= 15 is 0 Å². The second-order valence-electron chi connectivity index (χ2n) is 5.62. The summed E-state index contributed by atoms with van der Waals surface area (Å²) < 4.78 is 5.26. The molecule has 2 aromatic rings. The Kier molecular flexibility index (Phi) is 6.83. The largest absolute Gasteiger partial charge is 0.497 e. The fourth-order valence-corrected chi connectivity index (χ4v) is 3.10. The molecule has 0 spiro atoms. The Morgan fingerprint density at radius 3 is 2.78 bits per heavy atom. The van der Waals surface area contributed by atoms with Crippen LogP contribution in [0.4, 0.5) is 5.69 Å². The topological polar surface area (TPSA) is 28.9 Å². The van der Waals surface area contributed by atoms with Crippen LogP contribution in [0, 0.1) is 0 Å². The van der Waals surface area contributed by atoms with E-state index in [0.717, 1.165) is 36.2 Å². The number of ether oxygens (including phenoxy) is 1. The van der Waals surface area contributed by atoms with Crippen LogP contribution in [0.2, 0.25) is 0 Å². The zero-order valence-corrected chi connectivity index (χ0v) is 15.5. The number of quaternary nitrogens is 1. The summed E-state index contributed by atoms with van der Waals surface area (Å²) >= 11 is 7.39. The SMILES string of the molecule is COc1cccc(NC(=S)N(CC[NH+](C)C)Cc2cccs2)c1. The standard InChI is InChI=1S/C17H23N3OS2/c1-19(2)9-10-20(13-16-8-5-11-23-16)17(22)18-14-6-4-7-15(12-14)21-3/h4-8,11-12H,9-10,13H2,1-3H3,(H,18,22)/p+1. The number of anilines is 1. The lowest BCUT2D eigenvalue weighted by Gasteiger charge is -2.26. The van der Waals surface area contributed by atoms with Crippen molar-refractivity contribution in [3.8, 4) is 5.75 Å². The molecule has 23 heavy (non-hydrogen) atoms. The quantitative estimate of drug-likeness (QED) is 0.749. The Morgan fingerprint density at radius 1 is 1.30 bits per heavy atom. The summed E-state index contributed by atoms with van der Waals surface area (Å²) in [5.41, 5.74) is 0.947. The maximum atomic E-state index is 5.63. The van der Waals surface area contributed by atoms with Gasteiger partial charge >= 0.3 is 0 Å². The van der Waals surface area contributed by atoms with Crippen LogP contribution in [0.1, 0.15) is 4.88 Å². The van der Waals surface area contributed by atoms with E-state index in [1.54, 1.807) is 18.4 Å². The van der Waals surface area contributed by atoms with Gasteiger partial charge in [-0.1, -0.05) is 12.1 Å². The van der Waals surface area contributed by atoms with Gasteiger partial charge in [0.05, 0.1) is 40.8 Å². The van der Waals surface area contributed by atoms with Crippen molar-refractivity contribution in [3.63, 3.8) is 0 Å². The number of rotatable bonds is 7. The first-order chi connectivity index (χ1) is 11.1. The Hall–Kier alpha value is -1.63. The van der Waals surface area contributed by atoms with Crippen LogP contribution in [0.5, 0.6) is 5.75 Å². The molecule has 124 valence electrons. The van der Waals surface area contributed by atoms with Crippen molar-refractivity contribution in [2.45, 2.75) is 6.54 Å². The molecule has 0 fully saturated rings. The molecule has 0 aliphatic carbocycles. The second kappa shape index (κ2) is 8.86. The number of methoxy groups -OCH3 is 1. The molecule has 2 N–H and O–H groups in total. The van der Waals surface area contributed by atoms with E-state index in [0.29, 0.717) is 0 Å². The van der Waals surface area contributed by atoms with Crippen molar-refractivity contribution < 1.29 is 9.64 Å². The third-order valence-electron chi connectivity index (χ3n) is 3.42. The molecule has 0 aliphatic heterocycles. The van der Waals surface area contributed by atoms with Gasteiger partial charge in [-0.15, -0.1) is 11.3 Å². The minimum absolute atomic E-state index is 0.743. The Labute approximate surface area is 147 Å². The summed E-state index contributed by atoms with van der Waals surface area (Å²) in [5.74, 6) is 0.820. The van der Waals surface area contributed by atoms with Crippen LogP contribution in [0.25, 0.3) is 0 Å². The molecule has 1 aromatic heterocycles. The fourth-order valence-electron chi connectivity index (χ4n) is 2.10. The highest BCUT2D eigenvalue weighted by atomic mass is 32.1. The molecule has 4 nitrogen and oxygen atoms in total. The summed E-state index contributed by atoms with van der Waals surface area (Å²) in [6, 6.07) is 12.1. The molecule has 0 bridgehead atoms. The number of nitrogens with one attached hydrogen (secondary N) is 2. The first-order valence-electron chi connectivity index (χ1n) is 7.60. The predicted molar refractivity (Wildman–Crippen MR) is 102 cm³/mol. The van der Waals surface area contributed by atoms with Crippen molar-refractivity contribution in [1.82, 2.24) is 4.90 Å². The molecule has 0 radical (unpaired) electrons. The van der Waals surface area contributed by atoms with Crippen molar-refractivity contribution in [2.24, 2.45) is 0 Å². The van der Waals surface area contributed by atoms with E-state index in [-0.39, 0.29) is 0 Å². The maximum absolute atomic E-state index is 5.63. The first-order valence-corrected chi connectivity index (χ1v) is 8.88. The summed E-state index contributed by atoms with van der Waals surface area (Å²) in [7, 11) is 5.98. The number of hydrogen-bond donors (Lipinski definition) is 2. The normalized spacial score (nSPS) is 10.6. The van der Waals surface area contributed by atoms with Crippen LogP contribution in [0.15, 0.2) is 41.8 Å². The van der Waals surface area contributed by atoms with E-state index in [2.05, 4.69) is 41.8 Å². The highest BCUT2D eigenvalue weighted by Gasteiger charge is 2.13. The minimum atomic E-state index is 0.743. The summed E-state index contributed by atoms with van der Waals surface area (Å²) in [4.78, 5) is 4.94. The van der Waals surface area contributed by atoms with Crippen molar-refractivity contribution in [1.29, 1.82) is 0 Å². The smallest absolute Gasteiger partial charge is 0.173 e. The van der Waals surface area contributed by atoms with Gasteiger partial charge in [0.1, 0.15) is 5.75 Å². The summed E-state index contributed by atoms with van der Waals surface area (Å²) in [5, 5.41) is 6.17. The molecule has 1 aromatic carbocycles. The summed E-state index contributed by atoms with van der Waals surface area (Å²) in [6.45, 7) is 2.78. The van der Waals surface area contributed by atoms with Crippen molar-refractivity contribution in [3.05, 3.63) is 46.7 Å². The number of hydrogen-bond acceptors (Lipinski definition) is 3. The molecule has 0 atom stereocenters. The number of nitrogens with zero attached hydrogens (tertiary/aromatic N) is 1. The summed E-state index contributed by atoms with van der Waals surface area (Å²) in [6.07, 6.45) is 0. The molecule has 0 amide bonds. The van der Waals surface area contributed by atoms with Crippen LogP contribution in [-0.4, -0.2) is 44.3 Å². The lowest BCUT2D eigenvalue weighted by Crippen LogP contribution is -3.06. The number of benzene rings is 1. The molecular weight excluding hydrogens is 326 g/mol. The molecule has 0 saturated heterocycles. The van der Waals surface area contributed by atoms with Gasteiger partial charge in [-0.2, -0.15) is 0 Å². The van der Waals surface area contributed by atoms with Gasteiger partial charge in [-0.3, -0.25) is 0 Å². The van der Waals surface area contributed by atoms with Gasteiger partial charge in [-0.25, -0.2) is 0 Å². The van der Waals surface area contributed by atoms with Crippen LogP contribution < -0.4 is 15.0 Å². The highest BCUT2D eigenvalue weighted by molar-refractivity contribution is 7.80. The zero-order valence-electron chi connectivity index (χ0n) is 13.8. The molecular formula is C17H24N3OS2+. The number of thiocarbonyl (C=S) groups is 1. The number of thiophene rings is 1. The average molecular weight is 351 g/mol. The molecule has 6 heteroatoms. The van der Waals surface area contributed by atoms with Crippen molar-refractivity contribution >= 4 is 34.4 Å². The monoisotopic (exact) mass is 350 g/mol. The fraction of sp³-hybridized carbons (Fsp3) is 0.353. The van der Waals surface area contributed by atoms with Gasteiger partial charge in [0, 0.05) is 16.6 Å². The van der Waals surface area contributed by atoms with Crippen LogP contribution >= 0.6 is 23.6 Å². The van der Waals surface area contributed by atoms with E-state index in [1.807, 2.05) is 24.3 Å². The Morgan fingerprint density at radius 2 is 2.13 bits per heavy atom. The second-order valence-corrected chi connectivity index (χ2v) is 7.04. The Bertz CT molecular complexity index is 614. The molecule has 0 aliphatic rings. The zero-order chi connectivity index (χ0) is 16.7. The van der Waals surface area contributed by atoms with E-state index in [1.165, 1.54) is 9.78 Å². The van der Waals surface area contributed by atoms with Gasteiger partial charge in [0.15, 0.2) is 5.11 Å². The average Bonchev–Trinajstić information content (AvgIpc) is 3.04. The molecule has 0 unspecified atom stereocenters. The van der Waals surface area contributed by atoms with Gasteiger partial charge in [0.25, 0.3) is 0 Å². The molecule has 1 heterocycles. The minimum Gasteiger partial charge on any atom is -0.497 e. The first kappa shape index (κ1) is 17.7. The van der Waals surface area contributed by atoms with Gasteiger partial charge in [-0.05, 0) is 35.8 Å². The number of likely N-dealkylation sites (N-methyl/N-ethyl adjacent to an activating group) is 1. The highest BCUT2D eigenvalue weighted by Crippen LogP contribution is 2.18. The van der Waals surface area contributed by atoms with Crippen LogP contribution in [-0.2, 0) is 6.54 Å². The van der Waals surface area contributed by atoms with Crippen molar-refractivity contribution in [2.75, 3.05) is 39.6 Å². The van der Waals surface area contributed by atoms with Gasteiger partial charge in [0.2, 0.25) is 0 Å². The lowest BCUT2D eigenvalue weighted by atomic mass is 10.3. The van der Waals surface area contributed by atoms with Gasteiger partial charge < -0.3 is 19.9 Å².